The van der Waals surface area contributed by atoms with Gasteiger partial charge in [-0.05, 0) is 30.3 Å². The topological polar surface area (TPSA) is 24.9 Å². The van der Waals surface area contributed by atoms with Gasteiger partial charge in [-0.1, -0.05) is 6.07 Å². The van der Waals surface area contributed by atoms with Crippen molar-refractivity contribution in [3.05, 3.63) is 22.4 Å². The fraction of sp³-hybridized carbons (Fsp3) is 0.765. The van der Waals surface area contributed by atoms with E-state index in [4.69, 9.17) is 9.47 Å². The van der Waals surface area contributed by atoms with Crippen LogP contribution in [-0.2, 0) is 16.0 Å². The molecule has 0 aromatic carbocycles. The Hall–Kier alpha value is -0.460. The summed E-state index contributed by atoms with van der Waals surface area (Å²) in [5.74, 6) is 1.50. The maximum Gasteiger partial charge on any atom is 0.0745 e. The Morgan fingerprint density at radius 1 is 1.18 bits per heavy atom. The monoisotopic (exact) mass is 322 g/mol. The molecule has 122 valence electrons. The van der Waals surface area contributed by atoms with E-state index >= 15 is 0 Å². The fourth-order valence-corrected chi connectivity index (χ4v) is 4.84. The number of fused-ring (bicyclic) bond motifs is 1. The van der Waals surface area contributed by atoms with Crippen LogP contribution in [0.25, 0.3) is 0 Å². The molecule has 0 spiro atoms. The van der Waals surface area contributed by atoms with Crippen molar-refractivity contribution in [3.8, 4) is 0 Å². The molecule has 3 atom stereocenters. The predicted molar refractivity (Wildman–Crippen MR) is 88.2 cm³/mol. The highest BCUT2D eigenvalue weighted by molar-refractivity contribution is 7.09. The van der Waals surface area contributed by atoms with Gasteiger partial charge in [0.05, 0.1) is 25.9 Å². The van der Waals surface area contributed by atoms with Gasteiger partial charge in [0.15, 0.2) is 0 Å². The first kappa shape index (κ1) is 15.1. The van der Waals surface area contributed by atoms with Crippen LogP contribution in [0, 0.1) is 11.8 Å². The lowest BCUT2D eigenvalue weighted by Crippen LogP contribution is -2.47. The molecule has 22 heavy (non-hydrogen) atoms. The summed E-state index contributed by atoms with van der Waals surface area (Å²) in [5, 5.41) is 2.18. The number of nitrogens with zero attached hydrogens (tertiary/aromatic N) is 2. The molecule has 4 rings (SSSR count). The van der Waals surface area contributed by atoms with Crippen LogP contribution in [0.15, 0.2) is 17.5 Å². The summed E-state index contributed by atoms with van der Waals surface area (Å²) in [7, 11) is 0. The zero-order chi connectivity index (χ0) is 14.8. The molecule has 3 fully saturated rings. The Kier molecular flexibility index (Phi) is 4.78. The van der Waals surface area contributed by atoms with Crippen molar-refractivity contribution >= 4 is 11.3 Å². The second-order valence-corrected chi connectivity index (χ2v) is 7.84. The zero-order valence-electron chi connectivity index (χ0n) is 13.2. The van der Waals surface area contributed by atoms with Crippen LogP contribution in [0.3, 0.4) is 0 Å². The summed E-state index contributed by atoms with van der Waals surface area (Å²) in [6, 6.07) is 4.42. The summed E-state index contributed by atoms with van der Waals surface area (Å²) >= 11 is 1.88. The molecule has 0 unspecified atom stereocenters. The van der Waals surface area contributed by atoms with E-state index in [9.17, 15) is 0 Å². The van der Waals surface area contributed by atoms with Crippen LogP contribution in [0.1, 0.15) is 11.3 Å². The third-order valence-electron chi connectivity index (χ3n) is 5.39. The number of morpholine rings is 1. The normalized spacial score (nSPS) is 33.9. The summed E-state index contributed by atoms with van der Waals surface area (Å²) in [5.41, 5.74) is 0. The van der Waals surface area contributed by atoms with Gasteiger partial charge in [-0.15, -0.1) is 11.3 Å². The SMILES string of the molecule is c1csc(CN2CC[C@H]3CO[C@H](CN4CCOCC4)[C@H]3C2)c1. The molecule has 3 aliphatic heterocycles. The maximum absolute atomic E-state index is 6.18. The van der Waals surface area contributed by atoms with Crippen molar-refractivity contribution in [1.29, 1.82) is 0 Å². The van der Waals surface area contributed by atoms with Crippen molar-refractivity contribution in [2.45, 2.75) is 19.1 Å². The number of ether oxygens (including phenoxy) is 2. The molecule has 0 N–H and O–H groups in total. The van der Waals surface area contributed by atoms with E-state index in [1.54, 1.807) is 0 Å². The van der Waals surface area contributed by atoms with Crippen LogP contribution >= 0.6 is 11.3 Å². The van der Waals surface area contributed by atoms with E-state index in [2.05, 4.69) is 27.3 Å². The lowest BCUT2D eigenvalue weighted by molar-refractivity contribution is -0.00489. The lowest BCUT2D eigenvalue weighted by Gasteiger charge is -2.37. The molecule has 1 aromatic heterocycles. The Morgan fingerprint density at radius 3 is 2.91 bits per heavy atom. The largest absolute Gasteiger partial charge is 0.379 e. The second kappa shape index (κ2) is 6.97. The quantitative estimate of drug-likeness (QED) is 0.845. The molecule has 0 saturated carbocycles. The van der Waals surface area contributed by atoms with E-state index in [1.165, 1.54) is 24.4 Å². The van der Waals surface area contributed by atoms with Crippen LogP contribution in [0.4, 0.5) is 0 Å². The van der Waals surface area contributed by atoms with E-state index in [1.807, 2.05) is 11.3 Å². The number of thiophene rings is 1. The van der Waals surface area contributed by atoms with Crippen molar-refractivity contribution in [2.75, 3.05) is 52.5 Å². The zero-order valence-corrected chi connectivity index (χ0v) is 14.0. The van der Waals surface area contributed by atoms with E-state index in [0.717, 1.165) is 57.8 Å². The van der Waals surface area contributed by atoms with Gasteiger partial charge in [0, 0.05) is 43.5 Å². The van der Waals surface area contributed by atoms with Crippen molar-refractivity contribution in [2.24, 2.45) is 11.8 Å². The minimum absolute atomic E-state index is 0.425. The molecule has 1 aromatic rings. The molecular weight excluding hydrogens is 296 g/mol. The van der Waals surface area contributed by atoms with Gasteiger partial charge in [0.2, 0.25) is 0 Å². The fourth-order valence-electron chi connectivity index (χ4n) is 4.09. The summed E-state index contributed by atoms with van der Waals surface area (Å²) in [4.78, 5) is 6.64. The first-order valence-corrected chi connectivity index (χ1v) is 9.43. The first-order valence-electron chi connectivity index (χ1n) is 8.55. The third-order valence-corrected chi connectivity index (χ3v) is 6.26. The maximum atomic E-state index is 6.18. The minimum Gasteiger partial charge on any atom is -0.379 e. The van der Waals surface area contributed by atoms with Gasteiger partial charge >= 0.3 is 0 Å². The van der Waals surface area contributed by atoms with Gasteiger partial charge in [-0.2, -0.15) is 0 Å². The summed E-state index contributed by atoms with van der Waals surface area (Å²) < 4.78 is 11.6. The number of hydrogen-bond donors (Lipinski definition) is 0. The average molecular weight is 322 g/mol. The summed E-state index contributed by atoms with van der Waals surface area (Å²) in [6.07, 6.45) is 1.73. The standard InChI is InChI=1S/C17H26N2O2S/c1-2-15(22-9-1)10-19-4-3-14-13-21-17(16(14)11-19)12-18-5-7-20-8-6-18/h1-2,9,14,16-17H,3-8,10-13H2/t14-,16-,17+/m0/s1. The molecule has 0 radical (unpaired) electrons. The van der Waals surface area contributed by atoms with Crippen molar-refractivity contribution in [1.82, 2.24) is 9.80 Å². The van der Waals surface area contributed by atoms with E-state index in [-0.39, 0.29) is 0 Å². The smallest absolute Gasteiger partial charge is 0.0745 e. The van der Waals surface area contributed by atoms with Crippen LogP contribution in [0.5, 0.6) is 0 Å². The number of piperidine rings is 1. The first-order chi connectivity index (χ1) is 10.9. The van der Waals surface area contributed by atoms with Crippen LogP contribution < -0.4 is 0 Å². The Labute approximate surface area is 137 Å². The van der Waals surface area contributed by atoms with Crippen LogP contribution in [-0.4, -0.2) is 68.4 Å². The Morgan fingerprint density at radius 2 is 2.09 bits per heavy atom. The highest BCUT2D eigenvalue weighted by atomic mass is 32.1. The van der Waals surface area contributed by atoms with Crippen molar-refractivity contribution < 1.29 is 9.47 Å². The molecule has 4 nitrogen and oxygen atoms in total. The molecular formula is C17H26N2O2S. The molecule has 0 amide bonds. The molecule has 0 bridgehead atoms. The van der Waals surface area contributed by atoms with Gasteiger partial charge < -0.3 is 9.47 Å². The van der Waals surface area contributed by atoms with E-state index < -0.39 is 0 Å². The van der Waals surface area contributed by atoms with Gasteiger partial charge in [0.25, 0.3) is 0 Å². The average Bonchev–Trinajstić information content (AvgIpc) is 3.19. The molecule has 4 heterocycles. The number of hydrogen-bond acceptors (Lipinski definition) is 5. The molecule has 3 aliphatic rings. The Balaban J connectivity index is 1.34. The highest BCUT2D eigenvalue weighted by Crippen LogP contribution is 2.35. The minimum atomic E-state index is 0.425. The third kappa shape index (κ3) is 3.39. The lowest BCUT2D eigenvalue weighted by atomic mass is 9.84. The van der Waals surface area contributed by atoms with E-state index in [0.29, 0.717) is 6.10 Å². The molecule has 5 heteroatoms. The van der Waals surface area contributed by atoms with Gasteiger partial charge in [0.1, 0.15) is 0 Å². The Bertz CT molecular complexity index is 461. The second-order valence-electron chi connectivity index (χ2n) is 6.81. The van der Waals surface area contributed by atoms with Crippen molar-refractivity contribution in [3.63, 3.8) is 0 Å². The summed E-state index contributed by atoms with van der Waals surface area (Å²) in [6.45, 7) is 9.52. The number of likely N-dealkylation sites (tertiary alicyclic amines) is 1. The molecule has 3 saturated heterocycles. The van der Waals surface area contributed by atoms with Gasteiger partial charge in [-0.3, -0.25) is 9.80 Å². The molecule has 0 aliphatic carbocycles. The highest BCUT2D eigenvalue weighted by Gasteiger charge is 2.41. The number of rotatable bonds is 4. The van der Waals surface area contributed by atoms with Crippen LogP contribution in [0.2, 0.25) is 0 Å². The van der Waals surface area contributed by atoms with Gasteiger partial charge in [-0.25, -0.2) is 0 Å². The predicted octanol–water partition coefficient (Wildman–Crippen LogP) is 1.92.